The highest BCUT2D eigenvalue weighted by Crippen LogP contribution is 2.30. The normalized spacial score (nSPS) is 12.5. The van der Waals surface area contributed by atoms with Gasteiger partial charge in [0.25, 0.3) is 5.91 Å². The number of hydrogen-bond acceptors (Lipinski definition) is 4. The van der Waals surface area contributed by atoms with Crippen LogP contribution in [0, 0.1) is 0 Å². The monoisotopic (exact) mass is 321 g/mol. The van der Waals surface area contributed by atoms with Crippen LogP contribution in [0.2, 0.25) is 0 Å². The van der Waals surface area contributed by atoms with Gasteiger partial charge >= 0.3 is 12.1 Å². The summed E-state index contributed by atoms with van der Waals surface area (Å²) in [6.07, 6.45) is -4.45. The molecule has 0 radical (unpaired) electrons. The highest BCUT2D eigenvalue weighted by atomic mass is 19.4. The molecule has 0 saturated heterocycles. The Balaban J connectivity index is 2.52. The summed E-state index contributed by atoms with van der Waals surface area (Å²) < 4.78 is 46.7. The molecule has 0 aliphatic carbocycles. The van der Waals surface area contributed by atoms with E-state index in [4.69, 9.17) is 9.84 Å². The van der Waals surface area contributed by atoms with Crippen LogP contribution < -0.4 is 10.1 Å². The van der Waals surface area contributed by atoms with Crippen LogP contribution in [0.1, 0.15) is 5.56 Å². The molecule has 1 amide bonds. The number of carbonyl (C=O) groups is 2. The third-order valence-electron chi connectivity index (χ3n) is 2.52. The van der Waals surface area contributed by atoms with Crippen molar-refractivity contribution in [3.8, 4) is 5.75 Å². The molecular formula is C13H14F3NO5. The van der Waals surface area contributed by atoms with Crippen LogP contribution in [-0.4, -0.2) is 43.3 Å². The van der Waals surface area contributed by atoms with Crippen molar-refractivity contribution >= 4 is 11.9 Å². The summed E-state index contributed by atoms with van der Waals surface area (Å²) >= 11 is 0. The molecular weight excluding hydrogens is 307 g/mol. The highest BCUT2D eigenvalue weighted by Gasteiger charge is 2.30. The van der Waals surface area contributed by atoms with Gasteiger partial charge in [-0.25, -0.2) is 4.79 Å². The van der Waals surface area contributed by atoms with Crippen molar-refractivity contribution in [2.75, 3.05) is 20.3 Å². The molecule has 122 valence electrons. The Hall–Kier alpha value is -2.29. The van der Waals surface area contributed by atoms with Crippen molar-refractivity contribution in [2.24, 2.45) is 0 Å². The maximum Gasteiger partial charge on any atom is 0.416 e. The quantitative estimate of drug-likeness (QED) is 0.791. The number of halogens is 3. The molecule has 2 N–H and O–H groups in total. The Morgan fingerprint density at radius 1 is 1.27 bits per heavy atom. The van der Waals surface area contributed by atoms with E-state index in [1.54, 1.807) is 0 Å². The number of carbonyl (C=O) groups excluding carboxylic acids is 1. The van der Waals surface area contributed by atoms with Gasteiger partial charge in [0.1, 0.15) is 5.75 Å². The van der Waals surface area contributed by atoms with Gasteiger partial charge in [0, 0.05) is 7.11 Å². The molecule has 1 aromatic rings. The number of amides is 1. The first kappa shape index (κ1) is 17.8. The van der Waals surface area contributed by atoms with Crippen molar-refractivity contribution in [1.82, 2.24) is 5.32 Å². The molecule has 1 unspecified atom stereocenters. The summed E-state index contributed by atoms with van der Waals surface area (Å²) in [5.74, 6) is -1.95. The van der Waals surface area contributed by atoms with Gasteiger partial charge in [-0.05, 0) is 24.3 Å². The zero-order valence-corrected chi connectivity index (χ0v) is 11.5. The van der Waals surface area contributed by atoms with Crippen LogP contribution in [0.5, 0.6) is 5.75 Å². The van der Waals surface area contributed by atoms with Crippen LogP contribution in [-0.2, 0) is 20.5 Å². The summed E-state index contributed by atoms with van der Waals surface area (Å²) in [6.45, 7) is -0.750. The van der Waals surface area contributed by atoms with Crippen LogP contribution in [0.3, 0.4) is 0 Å². The molecule has 22 heavy (non-hydrogen) atoms. The third kappa shape index (κ3) is 5.60. The summed E-state index contributed by atoms with van der Waals surface area (Å²) in [6, 6.07) is 2.55. The Morgan fingerprint density at radius 2 is 1.86 bits per heavy atom. The lowest BCUT2D eigenvalue weighted by Crippen LogP contribution is -2.45. The van der Waals surface area contributed by atoms with Crippen LogP contribution in [0.25, 0.3) is 0 Å². The van der Waals surface area contributed by atoms with Crippen molar-refractivity contribution < 1.29 is 37.3 Å². The average Bonchev–Trinajstić information content (AvgIpc) is 2.44. The van der Waals surface area contributed by atoms with Gasteiger partial charge in [0.15, 0.2) is 12.6 Å². The standard InChI is InChI=1S/C13H14F3NO5/c1-21-6-10(12(19)20)17-11(18)7-22-9-4-2-8(3-5-9)13(14,15)16/h2-5,10H,6-7H2,1H3,(H,17,18)(H,19,20). The van der Waals surface area contributed by atoms with E-state index in [2.05, 4.69) is 10.1 Å². The average molecular weight is 321 g/mol. The predicted octanol–water partition coefficient (Wildman–Crippen LogP) is 1.30. The van der Waals surface area contributed by atoms with E-state index in [0.29, 0.717) is 0 Å². The molecule has 0 aliphatic rings. The number of carboxylic acids is 1. The Morgan fingerprint density at radius 3 is 2.32 bits per heavy atom. The zero-order chi connectivity index (χ0) is 16.8. The first-order valence-corrected chi connectivity index (χ1v) is 6.05. The number of hydrogen-bond donors (Lipinski definition) is 2. The number of alkyl halides is 3. The summed E-state index contributed by atoms with van der Waals surface area (Å²) in [5.41, 5.74) is -0.838. The number of rotatable bonds is 7. The molecule has 0 spiro atoms. The third-order valence-corrected chi connectivity index (χ3v) is 2.52. The summed E-state index contributed by atoms with van der Waals surface area (Å²) in [7, 11) is 1.28. The minimum absolute atomic E-state index is 0.0572. The maximum atomic E-state index is 12.4. The van der Waals surface area contributed by atoms with Gasteiger partial charge < -0.3 is 19.9 Å². The first-order chi connectivity index (χ1) is 10.2. The van der Waals surface area contributed by atoms with E-state index in [0.717, 1.165) is 24.3 Å². The van der Waals surface area contributed by atoms with Gasteiger partial charge in [0.2, 0.25) is 0 Å². The molecule has 0 aliphatic heterocycles. The maximum absolute atomic E-state index is 12.4. The fourth-order valence-electron chi connectivity index (χ4n) is 1.47. The molecule has 1 rings (SSSR count). The van der Waals surface area contributed by atoms with Crippen molar-refractivity contribution in [2.45, 2.75) is 12.2 Å². The smallest absolute Gasteiger partial charge is 0.416 e. The second-order valence-corrected chi connectivity index (χ2v) is 4.22. The number of nitrogens with one attached hydrogen (secondary N) is 1. The fraction of sp³-hybridized carbons (Fsp3) is 0.385. The molecule has 1 aromatic carbocycles. The van der Waals surface area contributed by atoms with Gasteiger partial charge in [-0.2, -0.15) is 13.2 Å². The predicted molar refractivity (Wildman–Crippen MR) is 68.4 cm³/mol. The minimum Gasteiger partial charge on any atom is -0.484 e. The number of methoxy groups -OCH3 is 1. The molecule has 0 saturated carbocycles. The second-order valence-electron chi connectivity index (χ2n) is 4.22. The van der Waals surface area contributed by atoms with E-state index in [1.807, 2.05) is 0 Å². The van der Waals surface area contributed by atoms with Crippen LogP contribution >= 0.6 is 0 Å². The van der Waals surface area contributed by atoms with E-state index < -0.39 is 36.3 Å². The Kier molecular flexibility index (Phi) is 6.17. The Bertz CT molecular complexity index is 515. The summed E-state index contributed by atoms with van der Waals surface area (Å²) in [4.78, 5) is 22.3. The van der Waals surface area contributed by atoms with E-state index in [9.17, 15) is 22.8 Å². The largest absolute Gasteiger partial charge is 0.484 e. The first-order valence-electron chi connectivity index (χ1n) is 6.05. The van der Waals surface area contributed by atoms with Gasteiger partial charge in [0.05, 0.1) is 12.2 Å². The van der Waals surface area contributed by atoms with E-state index >= 15 is 0 Å². The lowest BCUT2D eigenvalue weighted by Gasteiger charge is -2.14. The molecule has 0 fully saturated rings. The van der Waals surface area contributed by atoms with Crippen molar-refractivity contribution in [3.63, 3.8) is 0 Å². The van der Waals surface area contributed by atoms with Crippen molar-refractivity contribution in [1.29, 1.82) is 0 Å². The molecule has 0 aromatic heterocycles. The zero-order valence-electron chi connectivity index (χ0n) is 11.5. The van der Waals surface area contributed by atoms with E-state index in [1.165, 1.54) is 7.11 Å². The van der Waals surface area contributed by atoms with Crippen molar-refractivity contribution in [3.05, 3.63) is 29.8 Å². The van der Waals surface area contributed by atoms with E-state index in [-0.39, 0.29) is 12.4 Å². The highest BCUT2D eigenvalue weighted by molar-refractivity contribution is 5.84. The number of aliphatic carboxylic acids is 1. The fourth-order valence-corrected chi connectivity index (χ4v) is 1.47. The van der Waals surface area contributed by atoms with Gasteiger partial charge in [-0.1, -0.05) is 0 Å². The second kappa shape index (κ2) is 7.64. The lowest BCUT2D eigenvalue weighted by molar-refractivity contribution is -0.143. The van der Waals surface area contributed by atoms with Gasteiger partial charge in [-0.15, -0.1) is 0 Å². The molecule has 6 nitrogen and oxygen atoms in total. The van der Waals surface area contributed by atoms with Crippen LogP contribution in [0.15, 0.2) is 24.3 Å². The molecule has 0 heterocycles. The van der Waals surface area contributed by atoms with Gasteiger partial charge in [-0.3, -0.25) is 4.79 Å². The Labute approximate surface area is 123 Å². The molecule has 9 heteroatoms. The van der Waals surface area contributed by atoms with Crippen LogP contribution in [0.4, 0.5) is 13.2 Å². The number of ether oxygens (including phenoxy) is 2. The summed E-state index contributed by atoms with van der Waals surface area (Å²) in [5, 5.41) is 11.0. The number of carboxylic acid groups (broad SMARTS) is 1. The topological polar surface area (TPSA) is 84.9 Å². The lowest BCUT2D eigenvalue weighted by atomic mass is 10.2. The molecule has 1 atom stereocenters. The minimum atomic E-state index is -4.45. The number of benzene rings is 1. The SMILES string of the molecule is COCC(NC(=O)COc1ccc(C(F)(F)F)cc1)C(=O)O. The molecule has 0 bridgehead atoms.